The molecule has 0 aromatic heterocycles. The first-order valence-electron chi connectivity index (χ1n) is 6.54. The second-order valence-electron chi connectivity index (χ2n) is 5.67. The number of aliphatic hydroxyl groups is 1. The summed E-state index contributed by atoms with van der Waals surface area (Å²) in [7, 11) is 0. The van der Waals surface area contributed by atoms with Gasteiger partial charge in [0.05, 0.1) is 21.2 Å². The molecular weight excluding hydrogens is 338 g/mol. The summed E-state index contributed by atoms with van der Waals surface area (Å²) >= 11 is 3.43. The molecule has 0 unspecified atom stereocenters. The van der Waals surface area contributed by atoms with Crippen molar-refractivity contribution in [2.75, 3.05) is 0 Å². The Morgan fingerprint density at radius 1 is 1.33 bits per heavy atom. The van der Waals surface area contributed by atoms with E-state index in [4.69, 9.17) is 4.74 Å². The van der Waals surface area contributed by atoms with E-state index in [0.717, 1.165) is 0 Å². The lowest BCUT2D eigenvalue weighted by Gasteiger charge is -2.40. The Labute approximate surface area is 129 Å². The fourth-order valence-corrected chi connectivity index (χ4v) is 3.07. The van der Waals surface area contributed by atoms with Crippen LogP contribution in [-0.4, -0.2) is 20.5 Å². The fourth-order valence-electron chi connectivity index (χ4n) is 2.69. The summed E-state index contributed by atoms with van der Waals surface area (Å²) in [6, 6.07) is 8.43. The number of nitro benzene ring substituents is 1. The lowest BCUT2D eigenvalue weighted by Crippen LogP contribution is -2.45. The zero-order valence-corrected chi connectivity index (χ0v) is 13.1. The van der Waals surface area contributed by atoms with Gasteiger partial charge in [-0.15, -0.1) is 0 Å². The van der Waals surface area contributed by atoms with Crippen LogP contribution in [0.15, 0.2) is 30.3 Å². The first-order chi connectivity index (χ1) is 9.83. The third-order valence-electron chi connectivity index (χ3n) is 3.82. The predicted octanol–water partition coefficient (Wildman–Crippen LogP) is 3.72. The Bertz CT molecular complexity index is 744. The number of fused-ring (bicyclic) bond motifs is 3. The normalized spacial score (nSPS) is 23.4. The van der Waals surface area contributed by atoms with Gasteiger partial charge in [0.2, 0.25) is 0 Å². The Balaban J connectivity index is 2.38. The number of non-ortho nitro benzene ring substituents is 1. The number of benzene rings is 2. The summed E-state index contributed by atoms with van der Waals surface area (Å²) in [6.45, 7) is 3.74. The second-order valence-corrected chi connectivity index (χ2v) is 6.66. The maximum atomic E-state index is 11.3. The van der Waals surface area contributed by atoms with E-state index in [-0.39, 0.29) is 10.5 Å². The number of ether oxygens (including phenoxy) is 1. The van der Waals surface area contributed by atoms with Crippen molar-refractivity contribution in [1.82, 2.24) is 0 Å². The fraction of sp³-hybridized carbons (Fsp3) is 0.333. The smallest absolute Gasteiger partial charge is 0.277 e. The maximum Gasteiger partial charge on any atom is 0.277 e. The Morgan fingerprint density at radius 3 is 2.57 bits per heavy atom. The van der Waals surface area contributed by atoms with Gasteiger partial charge in [-0.3, -0.25) is 10.1 Å². The highest BCUT2D eigenvalue weighted by Crippen LogP contribution is 2.48. The van der Waals surface area contributed by atoms with Crippen molar-refractivity contribution in [1.29, 1.82) is 0 Å². The molecule has 0 radical (unpaired) electrons. The van der Waals surface area contributed by atoms with Gasteiger partial charge in [-0.1, -0.05) is 34.1 Å². The summed E-state index contributed by atoms with van der Waals surface area (Å²) in [5.74, 6) is 0.518. The number of hydrogen-bond acceptors (Lipinski definition) is 4. The minimum absolute atomic E-state index is 0.0218. The number of hydrogen-bond donors (Lipinski definition) is 1. The Morgan fingerprint density at radius 2 is 1.95 bits per heavy atom. The van der Waals surface area contributed by atoms with Crippen molar-refractivity contribution in [3.05, 3.63) is 46.0 Å². The van der Waals surface area contributed by atoms with Gasteiger partial charge in [0.25, 0.3) is 5.69 Å². The highest BCUT2D eigenvalue weighted by molar-refractivity contribution is 9.09. The van der Waals surface area contributed by atoms with Crippen molar-refractivity contribution in [2.24, 2.45) is 0 Å². The zero-order chi connectivity index (χ0) is 15.4. The van der Waals surface area contributed by atoms with Crippen LogP contribution < -0.4 is 4.74 Å². The van der Waals surface area contributed by atoms with E-state index in [1.165, 1.54) is 6.07 Å². The number of alkyl halides is 1. The number of aliphatic hydroxyl groups excluding tert-OH is 1. The highest BCUT2D eigenvalue weighted by Gasteiger charge is 2.43. The molecule has 0 bridgehead atoms. The van der Waals surface area contributed by atoms with Gasteiger partial charge in [-0.25, -0.2) is 0 Å². The molecule has 3 rings (SSSR count). The standard InChI is InChI=1S/C15H14BrNO4/c1-15(2)14(16)12(18)10-7-11(17(19)20)8-5-3-4-6-9(8)13(10)21-15/h3-7,12,14,18H,1-2H3/t12-,14+/m1/s1. The molecule has 0 fully saturated rings. The molecule has 2 atom stereocenters. The molecular formula is C15H14BrNO4. The summed E-state index contributed by atoms with van der Waals surface area (Å²) in [6.07, 6.45) is -0.868. The molecule has 1 aliphatic heterocycles. The van der Waals surface area contributed by atoms with Gasteiger partial charge < -0.3 is 9.84 Å². The number of nitro groups is 1. The second kappa shape index (κ2) is 4.68. The summed E-state index contributed by atoms with van der Waals surface area (Å²) in [4.78, 5) is 10.5. The summed E-state index contributed by atoms with van der Waals surface area (Å²) < 4.78 is 6.02. The number of nitrogens with zero attached hydrogens (tertiary/aromatic N) is 1. The molecule has 0 amide bonds. The molecule has 5 nitrogen and oxygen atoms in total. The zero-order valence-electron chi connectivity index (χ0n) is 11.5. The SMILES string of the molecule is CC1(C)Oc2c(cc([N+](=O)[O-])c3ccccc23)[C@@H](O)[C@@H]1Br. The van der Waals surface area contributed by atoms with Crippen LogP contribution in [0.1, 0.15) is 25.5 Å². The molecule has 1 heterocycles. The van der Waals surface area contributed by atoms with Gasteiger partial charge in [0, 0.05) is 17.0 Å². The van der Waals surface area contributed by atoms with Crippen molar-refractivity contribution < 1.29 is 14.8 Å². The van der Waals surface area contributed by atoms with E-state index in [1.54, 1.807) is 24.3 Å². The van der Waals surface area contributed by atoms with Crippen molar-refractivity contribution >= 4 is 32.4 Å². The van der Waals surface area contributed by atoms with Crippen LogP contribution in [0.4, 0.5) is 5.69 Å². The van der Waals surface area contributed by atoms with Crippen LogP contribution in [0.2, 0.25) is 0 Å². The molecule has 1 N–H and O–H groups in total. The molecule has 2 aromatic carbocycles. The average Bonchev–Trinajstić information content (AvgIpc) is 2.44. The van der Waals surface area contributed by atoms with Gasteiger partial charge in [-0.05, 0) is 19.9 Å². The molecule has 6 heteroatoms. The largest absolute Gasteiger partial charge is 0.486 e. The topological polar surface area (TPSA) is 72.6 Å². The average molecular weight is 352 g/mol. The lowest BCUT2D eigenvalue weighted by molar-refractivity contribution is -0.383. The molecule has 0 saturated heterocycles. The number of rotatable bonds is 1. The Hall–Kier alpha value is -1.66. The third-order valence-corrected chi connectivity index (χ3v) is 5.43. The Kier molecular flexibility index (Phi) is 3.18. The van der Waals surface area contributed by atoms with Crippen LogP contribution >= 0.6 is 15.9 Å². The van der Waals surface area contributed by atoms with Crippen LogP contribution in [0.5, 0.6) is 5.75 Å². The first kappa shape index (κ1) is 14.3. The summed E-state index contributed by atoms with van der Waals surface area (Å²) in [5, 5.41) is 22.9. The van der Waals surface area contributed by atoms with E-state index >= 15 is 0 Å². The lowest BCUT2D eigenvalue weighted by atomic mass is 9.89. The monoisotopic (exact) mass is 351 g/mol. The first-order valence-corrected chi connectivity index (χ1v) is 7.45. The molecule has 21 heavy (non-hydrogen) atoms. The molecule has 0 spiro atoms. The van der Waals surface area contributed by atoms with Gasteiger partial charge in [0.1, 0.15) is 11.4 Å². The van der Waals surface area contributed by atoms with Crippen molar-refractivity contribution in [2.45, 2.75) is 30.4 Å². The van der Waals surface area contributed by atoms with Gasteiger partial charge in [-0.2, -0.15) is 0 Å². The molecule has 2 aromatic rings. The molecule has 0 saturated carbocycles. The van der Waals surface area contributed by atoms with Gasteiger partial charge >= 0.3 is 0 Å². The van der Waals surface area contributed by atoms with Crippen molar-refractivity contribution in [3.8, 4) is 5.75 Å². The summed E-state index contributed by atoms with van der Waals surface area (Å²) in [5.41, 5.74) is -0.196. The quantitative estimate of drug-likeness (QED) is 0.482. The molecule has 0 aliphatic carbocycles. The van der Waals surface area contributed by atoms with E-state index < -0.39 is 16.6 Å². The van der Waals surface area contributed by atoms with Gasteiger partial charge in [0.15, 0.2) is 0 Å². The van der Waals surface area contributed by atoms with E-state index in [2.05, 4.69) is 15.9 Å². The van der Waals surface area contributed by atoms with Crippen LogP contribution in [0.3, 0.4) is 0 Å². The van der Waals surface area contributed by atoms with E-state index in [9.17, 15) is 15.2 Å². The minimum atomic E-state index is -0.868. The van der Waals surface area contributed by atoms with E-state index in [0.29, 0.717) is 22.1 Å². The third kappa shape index (κ3) is 2.10. The van der Waals surface area contributed by atoms with Crippen LogP contribution in [0, 0.1) is 10.1 Å². The predicted molar refractivity (Wildman–Crippen MR) is 83.0 cm³/mol. The minimum Gasteiger partial charge on any atom is -0.486 e. The highest BCUT2D eigenvalue weighted by atomic mass is 79.9. The van der Waals surface area contributed by atoms with Crippen molar-refractivity contribution in [3.63, 3.8) is 0 Å². The van der Waals surface area contributed by atoms with Crippen LogP contribution in [0.25, 0.3) is 10.8 Å². The molecule has 110 valence electrons. The van der Waals surface area contributed by atoms with E-state index in [1.807, 2.05) is 13.8 Å². The van der Waals surface area contributed by atoms with Crippen LogP contribution in [-0.2, 0) is 0 Å². The number of halogens is 1. The maximum absolute atomic E-state index is 11.3. The molecule has 1 aliphatic rings.